The molecule has 1 saturated heterocycles. The Labute approximate surface area is 118 Å². The van der Waals surface area contributed by atoms with Crippen molar-refractivity contribution in [1.82, 2.24) is 0 Å². The van der Waals surface area contributed by atoms with Gasteiger partial charge in [0.2, 0.25) is 5.79 Å². The van der Waals surface area contributed by atoms with Gasteiger partial charge >= 0.3 is 6.16 Å². The van der Waals surface area contributed by atoms with Gasteiger partial charge in [0.1, 0.15) is 6.61 Å². The molecule has 1 unspecified atom stereocenters. The molecule has 0 spiro atoms. The van der Waals surface area contributed by atoms with E-state index in [2.05, 4.69) is 12.1 Å². The molecule has 0 bridgehead atoms. The summed E-state index contributed by atoms with van der Waals surface area (Å²) in [7, 11) is 0. The van der Waals surface area contributed by atoms with E-state index in [9.17, 15) is 4.79 Å². The minimum atomic E-state index is -0.820. The van der Waals surface area contributed by atoms with Gasteiger partial charge < -0.3 is 18.9 Å². The first-order chi connectivity index (χ1) is 9.74. The number of rotatable bonds is 8. The Kier molecular flexibility index (Phi) is 5.38. The monoisotopic (exact) mass is 280 g/mol. The molecule has 1 fully saturated rings. The van der Waals surface area contributed by atoms with E-state index in [1.807, 2.05) is 18.2 Å². The fourth-order valence-corrected chi connectivity index (χ4v) is 1.80. The molecule has 20 heavy (non-hydrogen) atoms. The maximum Gasteiger partial charge on any atom is 0.510 e. The molecule has 0 saturated carbocycles. The van der Waals surface area contributed by atoms with Gasteiger partial charge in [-0.3, -0.25) is 0 Å². The van der Waals surface area contributed by atoms with Crippen LogP contribution in [0.25, 0.3) is 0 Å². The number of ether oxygens (including phenoxy) is 4. The number of hydrogen-bond donors (Lipinski definition) is 0. The maximum absolute atomic E-state index is 11.2. The molecule has 1 aromatic rings. The first-order valence-electron chi connectivity index (χ1n) is 6.85. The summed E-state index contributed by atoms with van der Waals surface area (Å²) in [5.74, 6) is -0.820. The van der Waals surface area contributed by atoms with Crippen molar-refractivity contribution in [2.45, 2.75) is 25.6 Å². The van der Waals surface area contributed by atoms with E-state index < -0.39 is 11.9 Å². The van der Waals surface area contributed by atoms with E-state index in [1.165, 1.54) is 5.56 Å². The van der Waals surface area contributed by atoms with Gasteiger partial charge in [-0.2, -0.15) is 0 Å². The van der Waals surface area contributed by atoms with Gasteiger partial charge in [0.25, 0.3) is 0 Å². The Bertz CT molecular complexity index is 414. The van der Waals surface area contributed by atoms with Crippen LogP contribution in [0.3, 0.4) is 0 Å². The number of hydrogen-bond acceptors (Lipinski definition) is 5. The van der Waals surface area contributed by atoms with Crippen LogP contribution in [-0.4, -0.2) is 38.4 Å². The van der Waals surface area contributed by atoms with Crippen LogP contribution in [-0.2, 0) is 25.4 Å². The highest BCUT2D eigenvalue weighted by Gasteiger charge is 2.49. The maximum atomic E-state index is 11.2. The summed E-state index contributed by atoms with van der Waals surface area (Å²) in [6.45, 7) is 3.57. The Hall–Kier alpha value is -1.59. The average Bonchev–Trinajstić information content (AvgIpc) is 3.19. The lowest BCUT2D eigenvalue weighted by atomic mass is 10.2. The van der Waals surface area contributed by atoms with Crippen LogP contribution in [0.5, 0.6) is 0 Å². The minimum absolute atomic E-state index is 0.294. The zero-order valence-corrected chi connectivity index (χ0v) is 11.7. The summed E-state index contributed by atoms with van der Waals surface area (Å²) >= 11 is 0. The lowest BCUT2D eigenvalue weighted by molar-refractivity contribution is -0.0488. The second-order valence-electron chi connectivity index (χ2n) is 4.58. The summed E-state index contributed by atoms with van der Waals surface area (Å²) in [6.07, 6.45) is 0.711. The van der Waals surface area contributed by atoms with Gasteiger partial charge in [-0.05, 0) is 18.9 Å². The van der Waals surface area contributed by atoms with E-state index >= 15 is 0 Å². The minimum Gasteiger partial charge on any atom is -0.435 e. The Balaban J connectivity index is 1.58. The quantitative estimate of drug-likeness (QED) is 0.416. The summed E-state index contributed by atoms with van der Waals surface area (Å²) in [5.41, 5.74) is 1.24. The topological polar surface area (TPSA) is 57.3 Å². The molecule has 0 aromatic heterocycles. The SMILES string of the molecule is CCOC(=O)OC1(CCOCCc2ccccc2)CO1. The van der Waals surface area contributed by atoms with E-state index in [4.69, 9.17) is 18.9 Å². The average molecular weight is 280 g/mol. The predicted molar refractivity (Wildman–Crippen MR) is 72.4 cm³/mol. The second kappa shape index (κ2) is 7.26. The summed E-state index contributed by atoms with van der Waals surface area (Å²) in [4.78, 5) is 11.2. The molecule has 2 rings (SSSR count). The van der Waals surface area contributed by atoms with Gasteiger partial charge in [0.15, 0.2) is 0 Å². The molecule has 1 heterocycles. The van der Waals surface area contributed by atoms with Crippen molar-refractivity contribution in [2.24, 2.45) is 0 Å². The molecule has 0 amide bonds. The van der Waals surface area contributed by atoms with Crippen LogP contribution in [0.4, 0.5) is 4.79 Å². The molecule has 0 radical (unpaired) electrons. The van der Waals surface area contributed by atoms with Crippen LogP contribution in [0.1, 0.15) is 18.9 Å². The van der Waals surface area contributed by atoms with Crippen molar-refractivity contribution in [3.05, 3.63) is 35.9 Å². The highest BCUT2D eigenvalue weighted by Crippen LogP contribution is 2.32. The zero-order chi connectivity index (χ0) is 14.3. The summed E-state index contributed by atoms with van der Waals surface area (Å²) in [5, 5.41) is 0. The fourth-order valence-electron chi connectivity index (χ4n) is 1.80. The molecule has 1 atom stereocenters. The van der Waals surface area contributed by atoms with Crippen LogP contribution < -0.4 is 0 Å². The Morgan fingerprint density at radius 3 is 2.70 bits per heavy atom. The molecule has 110 valence electrons. The second-order valence-corrected chi connectivity index (χ2v) is 4.58. The largest absolute Gasteiger partial charge is 0.510 e. The molecule has 1 aliphatic heterocycles. The van der Waals surface area contributed by atoms with Crippen molar-refractivity contribution in [3.8, 4) is 0 Å². The van der Waals surface area contributed by atoms with E-state index in [-0.39, 0.29) is 0 Å². The number of epoxide rings is 1. The smallest absolute Gasteiger partial charge is 0.435 e. The molecule has 0 N–H and O–H groups in total. The molecule has 0 aliphatic carbocycles. The van der Waals surface area contributed by atoms with Crippen molar-refractivity contribution >= 4 is 6.16 Å². The highest BCUT2D eigenvalue weighted by atomic mass is 16.8. The molecule has 5 heteroatoms. The van der Waals surface area contributed by atoms with Crippen molar-refractivity contribution in [2.75, 3.05) is 26.4 Å². The number of carbonyl (C=O) groups excluding carboxylic acids is 1. The molecule has 1 aliphatic rings. The van der Waals surface area contributed by atoms with Crippen LogP contribution in [0, 0.1) is 0 Å². The normalized spacial score (nSPS) is 20.4. The third kappa shape index (κ3) is 4.83. The molecule has 1 aromatic carbocycles. The van der Waals surface area contributed by atoms with Gasteiger partial charge in [-0.25, -0.2) is 4.79 Å². The Morgan fingerprint density at radius 2 is 2.05 bits per heavy atom. The fraction of sp³-hybridized carbons (Fsp3) is 0.533. The van der Waals surface area contributed by atoms with E-state index in [0.29, 0.717) is 32.8 Å². The third-order valence-corrected chi connectivity index (χ3v) is 3.00. The number of benzene rings is 1. The van der Waals surface area contributed by atoms with E-state index in [0.717, 1.165) is 6.42 Å². The first-order valence-corrected chi connectivity index (χ1v) is 6.85. The summed E-state index contributed by atoms with van der Waals surface area (Å²) < 4.78 is 20.5. The van der Waals surface area contributed by atoms with Crippen molar-refractivity contribution in [3.63, 3.8) is 0 Å². The predicted octanol–water partition coefficient (Wildman–Crippen LogP) is 2.54. The molecule has 5 nitrogen and oxygen atoms in total. The van der Waals surface area contributed by atoms with Gasteiger partial charge in [0, 0.05) is 6.42 Å². The van der Waals surface area contributed by atoms with Crippen LogP contribution in [0.15, 0.2) is 30.3 Å². The highest BCUT2D eigenvalue weighted by molar-refractivity contribution is 5.60. The lowest BCUT2D eigenvalue weighted by Gasteiger charge is -2.12. The zero-order valence-electron chi connectivity index (χ0n) is 11.7. The summed E-state index contributed by atoms with van der Waals surface area (Å²) in [6, 6.07) is 10.1. The molecular formula is C15H20O5. The Morgan fingerprint density at radius 1 is 1.30 bits per heavy atom. The van der Waals surface area contributed by atoms with E-state index in [1.54, 1.807) is 6.92 Å². The van der Waals surface area contributed by atoms with Gasteiger partial charge in [-0.1, -0.05) is 30.3 Å². The van der Waals surface area contributed by atoms with Gasteiger partial charge in [-0.15, -0.1) is 0 Å². The molecular weight excluding hydrogens is 260 g/mol. The van der Waals surface area contributed by atoms with Crippen LogP contribution in [0.2, 0.25) is 0 Å². The van der Waals surface area contributed by atoms with Crippen molar-refractivity contribution < 1.29 is 23.7 Å². The van der Waals surface area contributed by atoms with Crippen molar-refractivity contribution in [1.29, 1.82) is 0 Å². The van der Waals surface area contributed by atoms with Crippen LogP contribution >= 0.6 is 0 Å². The third-order valence-electron chi connectivity index (χ3n) is 3.00. The first kappa shape index (κ1) is 14.8. The lowest BCUT2D eigenvalue weighted by Crippen LogP contribution is -2.24. The number of carbonyl (C=O) groups is 1. The standard InChI is InChI=1S/C15H20O5/c1-2-18-14(16)20-15(12-19-15)9-11-17-10-8-13-6-4-3-5-7-13/h3-7H,2,8-12H2,1H3. The van der Waals surface area contributed by atoms with Gasteiger partial charge in [0.05, 0.1) is 19.8 Å².